The topological polar surface area (TPSA) is 63.5 Å². The van der Waals surface area contributed by atoms with Gasteiger partial charge in [-0.3, -0.25) is 14.9 Å². The molecular formula is C13H16N2O3. The van der Waals surface area contributed by atoms with Gasteiger partial charge in [0.15, 0.2) is 0 Å². The highest BCUT2D eigenvalue weighted by Gasteiger charge is 2.34. The highest BCUT2D eigenvalue weighted by molar-refractivity contribution is 5.95. The van der Waals surface area contributed by atoms with Crippen LogP contribution in [0.5, 0.6) is 0 Å². The van der Waals surface area contributed by atoms with Crippen molar-refractivity contribution >= 4 is 11.6 Å². The van der Waals surface area contributed by atoms with Gasteiger partial charge in [-0.1, -0.05) is 0 Å². The van der Waals surface area contributed by atoms with Crippen LogP contribution in [0, 0.1) is 10.1 Å². The summed E-state index contributed by atoms with van der Waals surface area (Å²) in [6, 6.07) is 6.29. The lowest BCUT2D eigenvalue weighted by molar-refractivity contribution is -0.384. The van der Waals surface area contributed by atoms with E-state index in [2.05, 4.69) is 0 Å². The maximum Gasteiger partial charge on any atom is 0.269 e. The molecule has 0 heterocycles. The summed E-state index contributed by atoms with van der Waals surface area (Å²) in [6.07, 6.45) is 2.10. The number of nitro benzene ring substituents is 1. The third kappa shape index (κ3) is 2.50. The van der Waals surface area contributed by atoms with Crippen LogP contribution in [0.3, 0.4) is 0 Å². The van der Waals surface area contributed by atoms with Crippen LogP contribution in [0.1, 0.15) is 37.0 Å². The Labute approximate surface area is 106 Å². The average Bonchev–Trinajstić information content (AvgIpc) is 3.13. The van der Waals surface area contributed by atoms with Crippen LogP contribution < -0.4 is 0 Å². The summed E-state index contributed by atoms with van der Waals surface area (Å²) in [5, 5.41) is 10.6. The van der Waals surface area contributed by atoms with E-state index in [1.165, 1.54) is 24.3 Å². The Bertz CT molecular complexity index is 462. The Morgan fingerprint density at radius 2 is 1.89 bits per heavy atom. The molecule has 0 radical (unpaired) electrons. The van der Waals surface area contributed by atoms with E-state index in [1.807, 2.05) is 18.7 Å². The van der Waals surface area contributed by atoms with Crippen LogP contribution in [0.2, 0.25) is 0 Å². The molecule has 1 amide bonds. The van der Waals surface area contributed by atoms with Gasteiger partial charge in [0.05, 0.1) is 4.92 Å². The van der Waals surface area contributed by atoms with Gasteiger partial charge in [-0.05, 0) is 38.8 Å². The minimum Gasteiger partial charge on any atom is -0.333 e. The van der Waals surface area contributed by atoms with Crippen LogP contribution in [-0.2, 0) is 0 Å². The molecule has 0 unspecified atom stereocenters. The smallest absolute Gasteiger partial charge is 0.269 e. The summed E-state index contributed by atoms with van der Waals surface area (Å²) in [5.41, 5.74) is 0.523. The minimum atomic E-state index is -0.463. The average molecular weight is 248 g/mol. The zero-order valence-corrected chi connectivity index (χ0v) is 10.5. The second-order valence-corrected chi connectivity index (χ2v) is 4.84. The molecule has 1 aliphatic rings. The van der Waals surface area contributed by atoms with Crippen molar-refractivity contribution in [3.63, 3.8) is 0 Å². The van der Waals surface area contributed by atoms with Crippen LogP contribution in [0.25, 0.3) is 0 Å². The quantitative estimate of drug-likeness (QED) is 0.607. The monoisotopic (exact) mass is 248 g/mol. The lowest BCUT2D eigenvalue weighted by atomic mass is 10.1. The molecular weight excluding hydrogens is 232 g/mol. The number of carbonyl (C=O) groups excluding carboxylic acids is 1. The van der Waals surface area contributed by atoms with Gasteiger partial charge in [-0.2, -0.15) is 0 Å². The number of nitro groups is 1. The van der Waals surface area contributed by atoms with E-state index in [0.29, 0.717) is 11.6 Å². The molecule has 0 spiro atoms. The Morgan fingerprint density at radius 1 is 1.33 bits per heavy atom. The van der Waals surface area contributed by atoms with Crippen molar-refractivity contribution in [1.82, 2.24) is 4.90 Å². The van der Waals surface area contributed by atoms with Gasteiger partial charge in [-0.25, -0.2) is 0 Å². The van der Waals surface area contributed by atoms with Crippen molar-refractivity contribution in [2.75, 3.05) is 0 Å². The van der Waals surface area contributed by atoms with Crippen LogP contribution in [0.15, 0.2) is 24.3 Å². The summed E-state index contributed by atoms with van der Waals surface area (Å²) in [5.74, 6) is -0.0394. The molecule has 5 nitrogen and oxygen atoms in total. The predicted octanol–water partition coefficient (Wildman–Crippen LogP) is 2.61. The van der Waals surface area contributed by atoms with Gasteiger partial charge in [0.2, 0.25) is 0 Å². The molecule has 5 heteroatoms. The molecule has 1 aromatic carbocycles. The van der Waals surface area contributed by atoms with Crippen molar-refractivity contribution in [3.8, 4) is 0 Å². The second kappa shape index (κ2) is 4.76. The molecule has 0 atom stereocenters. The zero-order chi connectivity index (χ0) is 13.3. The van der Waals surface area contributed by atoms with E-state index in [1.54, 1.807) is 0 Å². The Balaban J connectivity index is 2.19. The number of hydrogen-bond donors (Lipinski definition) is 0. The van der Waals surface area contributed by atoms with Crippen LogP contribution in [-0.4, -0.2) is 27.8 Å². The summed E-state index contributed by atoms with van der Waals surface area (Å²) < 4.78 is 0. The lowest BCUT2D eigenvalue weighted by Crippen LogP contribution is -2.38. The number of nitrogens with zero attached hydrogens (tertiary/aromatic N) is 2. The van der Waals surface area contributed by atoms with Crippen molar-refractivity contribution in [2.24, 2.45) is 0 Å². The summed E-state index contributed by atoms with van der Waals surface area (Å²) >= 11 is 0. The van der Waals surface area contributed by atoms with Crippen molar-refractivity contribution in [1.29, 1.82) is 0 Å². The van der Waals surface area contributed by atoms with E-state index in [-0.39, 0.29) is 17.6 Å². The fourth-order valence-electron chi connectivity index (χ4n) is 2.05. The number of hydrogen-bond acceptors (Lipinski definition) is 3. The van der Waals surface area contributed by atoms with Crippen molar-refractivity contribution in [2.45, 2.75) is 38.8 Å². The molecule has 18 heavy (non-hydrogen) atoms. The molecule has 1 aromatic rings. The van der Waals surface area contributed by atoms with Crippen molar-refractivity contribution < 1.29 is 9.72 Å². The second-order valence-electron chi connectivity index (χ2n) is 4.84. The first-order valence-electron chi connectivity index (χ1n) is 6.08. The molecule has 0 aliphatic heterocycles. The highest BCUT2D eigenvalue weighted by Crippen LogP contribution is 2.30. The third-order valence-electron chi connectivity index (χ3n) is 3.06. The van der Waals surface area contributed by atoms with Gasteiger partial charge in [0.1, 0.15) is 0 Å². The normalized spacial score (nSPS) is 14.6. The summed E-state index contributed by atoms with van der Waals surface area (Å²) in [4.78, 5) is 24.3. The molecule has 1 fully saturated rings. The fraction of sp³-hybridized carbons (Fsp3) is 0.462. The van der Waals surface area contributed by atoms with Gasteiger partial charge in [0, 0.05) is 29.8 Å². The zero-order valence-electron chi connectivity index (χ0n) is 10.5. The number of non-ortho nitro benzene ring substituents is 1. The van der Waals surface area contributed by atoms with E-state index in [4.69, 9.17) is 0 Å². The highest BCUT2D eigenvalue weighted by atomic mass is 16.6. The number of carbonyl (C=O) groups is 1. The Kier molecular flexibility index (Phi) is 3.32. The van der Waals surface area contributed by atoms with Crippen molar-refractivity contribution in [3.05, 3.63) is 39.9 Å². The first kappa shape index (κ1) is 12.5. The summed E-state index contributed by atoms with van der Waals surface area (Å²) in [7, 11) is 0. The Hall–Kier alpha value is -1.91. The van der Waals surface area contributed by atoms with E-state index in [0.717, 1.165) is 12.8 Å². The molecule has 0 N–H and O–H groups in total. The third-order valence-corrected chi connectivity index (χ3v) is 3.06. The fourth-order valence-corrected chi connectivity index (χ4v) is 2.05. The van der Waals surface area contributed by atoms with Gasteiger partial charge < -0.3 is 4.90 Å². The lowest BCUT2D eigenvalue weighted by Gasteiger charge is -2.26. The first-order valence-corrected chi connectivity index (χ1v) is 6.08. The molecule has 0 bridgehead atoms. The predicted molar refractivity (Wildman–Crippen MR) is 67.4 cm³/mol. The van der Waals surface area contributed by atoms with Gasteiger partial charge in [0.25, 0.3) is 11.6 Å². The number of amides is 1. The number of benzene rings is 1. The van der Waals surface area contributed by atoms with E-state index in [9.17, 15) is 14.9 Å². The maximum atomic E-state index is 12.3. The van der Waals surface area contributed by atoms with E-state index < -0.39 is 4.92 Å². The molecule has 0 aromatic heterocycles. The maximum absolute atomic E-state index is 12.3. The number of rotatable bonds is 4. The first-order chi connectivity index (χ1) is 8.50. The van der Waals surface area contributed by atoms with E-state index >= 15 is 0 Å². The molecule has 1 saturated carbocycles. The van der Waals surface area contributed by atoms with Crippen LogP contribution >= 0.6 is 0 Å². The van der Waals surface area contributed by atoms with Crippen LogP contribution in [0.4, 0.5) is 5.69 Å². The molecule has 2 rings (SSSR count). The van der Waals surface area contributed by atoms with Gasteiger partial charge >= 0.3 is 0 Å². The minimum absolute atomic E-state index is 0.00840. The molecule has 0 saturated heterocycles. The largest absolute Gasteiger partial charge is 0.333 e. The summed E-state index contributed by atoms with van der Waals surface area (Å²) in [6.45, 7) is 3.98. The Morgan fingerprint density at radius 3 is 2.28 bits per heavy atom. The molecule has 1 aliphatic carbocycles. The van der Waals surface area contributed by atoms with Gasteiger partial charge in [-0.15, -0.1) is 0 Å². The standard InChI is InChI=1S/C13H16N2O3/c1-9(2)14(11-7-8-11)13(16)10-3-5-12(6-4-10)15(17)18/h3-6,9,11H,7-8H2,1-2H3. The SMILES string of the molecule is CC(C)N(C(=O)c1ccc([N+](=O)[O-])cc1)C1CC1. The molecule has 96 valence electrons.